The lowest BCUT2D eigenvalue weighted by Crippen LogP contribution is -2.50. The SMILES string of the molecule is CC(=O)NC[C@H](O)[C@H](O)C1OC(C)=CC(O)[C@H]1C. The molecule has 0 fully saturated rings. The Morgan fingerprint density at radius 2 is 2.17 bits per heavy atom. The molecule has 2 unspecified atom stereocenters. The van der Waals surface area contributed by atoms with Crippen molar-refractivity contribution in [3.63, 3.8) is 0 Å². The summed E-state index contributed by atoms with van der Waals surface area (Å²) in [5.41, 5.74) is 0. The summed E-state index contributed by atoms with van der Waals surface area (Å²) in [6, 6.07) is 0. The highest BCUT2D eigenvalue weighted by molar-refractivity contribution is 5.72. The number of rotatable bonds is 4. The van der Waals surface area contributed by atoms with Crippen LogP contribution < -0.4 is 5.32 Å². The first-order valence-electron chi connectivity index (χ1n) is 5.96. The Balaban J connectivity index is 2.62. The molecule has 0 aromatic heterocycles. The Morgan fingerprint density at radius 3 is 2.72 bits per heavy atom. The molecule has 0 bridgehead atoms. The quantitative estimate of drug-likeness (QED) is 0.527. The van der Waals surface area contributed by atoms with Crippen molar-refractivity contribution in [3.8, 4) is 0 Å². The summed E-state index contributed by atoms with van der Waals surface area (Å²) in [5, 5.41) is 31.9. The Morgan fingerprint density at radius 1 is 1.56 bits per heavy atom. The van der Waals surface area contributed by atoms with E-state index in [9.17, 15) is 20.1 Å². The van der Waals surface area contributed by atoms with Crippen LogP contribution in [0.2, 0.25) is 0 Å². The zero-order valence-corrected chi connectivity index (χ0v) is 10.8. The first-order valence-corrected chi connectivity index (χ1v) is 5.96. The van der Waals surface area contributed by atoms with Gasteiger partial charge in [0, 0.05) is 19.4 Å². The molecule has 0 saturated carbocycles. The molecule has 1 aliphatic rings. The van der Waals surface area contributed by atoms with Crippen molar-refractivity contribution in [3.05, 3.63) is 11.8 Å². The first kappa shape index (κ1) is 14.9. The molecule has 104 valence electrons. The van der Waals surface area contributed by atoms with Crippen molar-refractivity contribution < 1.29 is 24.9 Å². The smallest absolute Gasteiger partial charge is 0.216 e. The first-order chi connectivity index (χ1) is 8.32. The van der Waals surface area contributed by atoms with E-state index in [0.29, 0.717) is 5.76 Å². The van der Waals surface area contributed by atoms with Crippen LogP contribution in [0.15, 0.2) is 11.8 Å². The molecule has 0 radical (unpaired) electrons. The second kappa shape index (κ2) is 6.17. The Labute approximate surface area is 106 Å². The molecule has 18 heavy (non-hydrogen) atoms. The van der Waals surface area contributed by atoms with E-state index in [0.717, 1.165) is 0 Å². The molecule has 0 aromatic carbocycles. The van der Waals surface area contributed by atoms with Crippen LogP contribution in [-0.2, 0) is 9.53 Å². The largest absolute Gasteiger partial charge is 0.492 e. The van der Waals surface area contributed by atoms with E-state index in [-0.39, 0.29) is 18.4 Å². The molecular weight excluding hydrogens is 238 g/mol. The van der Waals surface area contributed by atoms with Gasteiger partial charge in [-0.25, -0.2) is 0 Å². The number of carbonyl (C=O) groups is 1. The molecule has 6 nitrogen and oxygen atoms in total. The maximum absolute atomic E-state index is 10.7. The molecular formula is C12H21NO5. The van der Waals surface area contributed by atoms with Crippen LogP contribution in [0, 0.1) is 5.92 Å². The predicted octanol–water partition coefficient (Wildman–Crippen LogP) is -0.856. The normalized spacial score (nSPS) is 31.0. The number of nitrogens with one attached hydrogen (secondary N) is 1. The van der Waals surface area contributed by atoms with Crippen LogP contribution >= 0.6 is 0 Å². The average molecular weight is 259 g/mol. The molecule has 1 aliphatic heterocycles. The lowest BCUT2D eigenvalue weighted by Gasteiger charge is -2.36. The van der Waals surface area contributed by atoms with E-state index >= 15 is 0 Å². The lowest BCUT2D eigenvalue weighted by molar-refractivity contribution is -0.124. The molecule has 1 rings (SSSR count). The summed E-state index contributed by atoms with van der Waals surface area (Å²) in [6.45, 7) is 4.68. The van der Waals surface area contributed by atoms with Crippen molar-refractivity contribution in [1.82, 2.24) is 5.32 Å². The maximum Gasteiger partial charge on any atom is 0.216 e. The fraction of sp³-hybridized carbons (Fsp3) is 0.750. The van der Waals surface area contributed by atoms with Gasteiger partial charge in [-0.2, -0.15) is 0 Å². The second-order valence-corrected chi connectivity index (χ2v) is 4.70. The van der Waals surface area contributed by atoms with Crippen molar-refractivity contribution in [2.24, 2.45) is 5.92 Å². The number of aliphatic hydroxyl groups excluding tert-OH is 3. The van der Waals surface area contributed by atoms with Gasteiger partial charge < -0.3 is 25.4 Å². The van der Waals surface area contributed by atoms with Gasteiger partial charge >= 0.3 is 0 Å². The van der Waals surface area contributed by atoms with E-state index in [2.05, 4.69) is 5.32 Å². The van der Waals surface area contributed by atoms with Gasteiger partial charge in [0.05, 0.1) is 11.9 Å². The molecule has 5 atom stereocenters. The summed E-state index contributed by atoms with van der Waals surface area (Å²) in [4.78, 5) is 10.7. The summed E-state index contributed by atoms with van der Waals surface area (Å²) in [6.07, 6.45) is -2.17. The molecule has 0 spiro atoms. The summed E-state index contributed by atoms with van der Waals surface area (Å²) in [5.74, 6) is -0.109. The van der Waals surface area contributed by atoms with Crippen LogP contribution in [0.5, 0.6) is 0 Å². The molecule has 4 N–H and O–H groups in total. The number of amides is 1. The number of aliphatic hydroxyl groups is 3. The van der Waals surface area contributed by atoms with Gasteiger partial charge in [0.25, 0.3) is 0 Å². The molecule has 1 heterocycles. The van der Waals surface area contributed by atoms with E-state index in [4.69, 9.17) is 4.74 Å². The van der Waals surface area contributed by atoms with Gasteiger partial charge in [-0.1, -0.05) is 6.92 Å². The minimum absolute atomic E-state index is 0.0536. The van der Waals surface area contributed by atoms with Crippen LogP contribution in [0.3, 0.4) is 0 Å². The van der Waals surface area contributed by atoms with Gasteiger partial charge in [-0.3, -0.25) is 4.79 Å². The maximum atomic E-state index is 10.7. The third-order valence-corrected chi connectivity index (χ3v) is 3.08. The van der Waals surface area contributed by atoms with E-state index in [1.165, 1.54) is 6.92 Å². The van der Waals surface area contributed by atoms with Crippen molar-refractivity contribution >= 4 is 5.91 Å². The lowest BCUT2D eigenvalue weighted by atomic mass is 9.89. The Hall–Kier alpha value is -1.11. The average Bonchev–Trinajstić information content (AvgIpc) is 2.29. The fourth-order valence-corrected chi connectivity index (χ4v) is 1.92. The Kier molecular flexibility index (Phi) is 5.13. The molecule has 0 saturated heterocycles. The zero-order valence-electron chi connectivity index (χ0n) is 10.8. The van der Waals surface area contributed by atoms with Crippen LogP contribution in [0.25, 0.3) is 0 Å². The van der Waals surface area contributed by atoms with Gasteiger partial charge in [0.15, 0.2) is 0 Å². The van der Waals surface area contributed by atoms with E-state index in [1.807, 2.05) is 0 Å². The van der Waals surface area contributed by atoms with Gasteiger partial charge in [-0.15, -0.1) is 0 Å². The third-order valence-electron chi connectivity index (χ3n) is 3.08. The zero-order chi connectivity index (χ0) is 13.9. The van der Waals surface area contributed by atoms with Gasteiger partial charge in [0.2, 0.25) is 5.91 Å². The van der Waals surface area contributed by atoms with Gasteiger partial charge in [0.1, 0.15) is 18.3 Å². The molecule has 0 aromatic rings. The highest BCUT2D eigenvalue weighted by atomic mass is 16.5. The summed E-state index contributed by atoms with van der Waals surface area (Å²) < 4.78 is 5.44. The topological polar surface area (TPSA) is 99.0 Å². The number of allylic oxidation sites excluding steroid dienone is 1. The van der Waals surface area contributed by atoms with Crippen molar-refractivity contribution in [2.45, 2.75) is 45.2 Å². The van der Waals surface area contributed by atoms with Crippen molar-refractivity contribution in [2.75, 3.05) is 6.54 Å². The number of hydrogen-bond acceptors (Lipinski definition) is 5. The van der Waals surface area contributed by atoms with Gasteiger partial charge in [-0.05, 0) is 13.0 Å². The number of carbonyl (C=O) groups excluding carboxylic acids is 1. The highest BCUT2D eigenvalue weighted by Gasteiger charge is 2.37. The second-order valence-electron chi connectivity index (χ2n) is 4.70. The van der Waals surface area contributed by atoms with Crippen molar-refractivity contribution in [1.29, 1.82) is 0 Å². The summed E-state index contributed by atoms with van der Waals surface area (Å²) in [7, 11) is 0. The third kappa shape index (κ3) is 3.69. The number of hydrogen-bond donors (Lipinski definition) is 4. The standard InChI is InChI=1S/C12H21NO5/c1-6-4-9(15)7(2)12(18-6)11(17)10(16)5-13-8(3)14/h4,7,9-12,15-17H,5H2,1-3H3,(H,13,14)/t7-,9?,10+,11+,12?/m1/s1. The minimum Gasteiger partial charge on any atom is -0.492 e. The predicted molar refractivity (Wildman–Crippen MR) is 64.5 cm³/mol. The Bertz CT molecular complexity index is 330. The molecule has 1 amide bonds. The minimum atomic E-state index is -1.18. The number of ether oxygens (including phenoxy) is 1. The molecule has 6 heteroatoms. The fourth-order valence-electron chi connectivity index (χ4n) is 1.92. The van der Waals surface area contributed by atoms with Crippen LogP contribution in [0.4, 0.5) is 0 Å². The van der Waals surface area contributed by atoms with Crippen LogP contribution in [0.1, 0.15) is 20.8 Å². The monoisotopic (exact) mass is 259 g/mol. The van der Waals surface area contributed by atoms with E-state index < -0.39 is 24.4 Å². The van der Waals surface area contributed by atoms with E-state index in [1.54, 1.807) is 19.9 Å². The molecule has 0 aliphatic carbocycles. The summed E-state index contributed by atoms with van der Waals surface area (Å²) >= 11 is 0. The highest BCUT2D eigenvalue weighted by Crippen LogP contribution is 2.26. The van der Waals surface area contributed by atoms with Crippen LogP contribution in [-0.4, -0.2) is 52.2 Å².